The van der Waals surface area contributed by atoms with Crippen LogP contribution in [0.4, 0.5) is 5.69 Å². The molecule has 1 aliphatic heterocycles. The number of hydrogen-bond acceptors (Lipinski definition) is 2. The van der Waals surface area contributed by atoms with Crippen molar-refractivity contribution < 1.29 is 9.90 Å². The van der Waals surface area contributed by atoms with Gasteiger partial charge in [0, 0.05) is 24.9 Å². The number of carboxylic acid groups (broad SMARTS) is 1. The standard InChI is InChI=1S/C15H19NO2/c17-15(18)10-7-13-5-8-14(9-6-13)16-11-3-1-2-4-12-16/h5-10H,1-4,11-12H2,(H,17,18)/b10-7+. The fourth-order valence-electron chi connectivity index (χ4n) is 2.29. The average Bonchev–Trinajstić information content (AvgIpc) is 2.66. The van der Waals surface area contributed by atoms with E-state index in [-0.39, 0.29) is 0 Å². The Hall–Kier alpha value is -1.77. The summed E-state index contributed by atoms with van der Waals surface area (Å²) in [4.78, 5) is 12.8. The van der Waals surface area contributed by atoms with Gasteiger partial charge in [-0.1, -0.05) is 25.0 Å². The zero-order valence-electron chi connectivity index (χ0n) is 10.5. The molecule has 96 valence electrons. The summed E-state index contributed by atoms with van der Waals surface area (Å²) in [7, 11) is 0. The van der Waals surface area contributed by atoms with Gasteiger partial charge in [0.25, 0.3) is 0 Å². The first-order valence-corrected chi connectivity index (χ1v) is 6.52. The van der Waals surface area contributed by atoms with Gasteiger partial charge in [-0.05, 0) is 36.6 Å². The Balaban J connectivity index is 2.04. The van der Waals surface area contributed by atoms with Crippen molar-refractivity contribution in [3.05, 3.63) is 35.9 Å². The number of carbonyl (C=O) groups is 1. The van der Waals surface area contributed by atoms with Crippen LogP contribution in [-0.2, 0) is 4.79 Å². The number of aliphatic carboxylic acids is 1. The van der Waals surface area contributed by atoms with Crippen LogP contribution in [-0.4, -0.2) is 24.2 Å². The lowest BCUT2D eigenvalue weighted by Crippen LogP contribution is -2.23. The van der Waals surface area contributed by atoms with Gasteiger partial charge in [-0.25, -0.2) is 4.79 Å². The molecule has 0 atom stereocenters. The number of nitrogens with zero attached hydrogens (tertiary/aromatic N) is 1. The van der Waals surface area contributed by atoms with Crippen LogP contribution in [0.5, 0.6) is 0 Å². The van der Waals surface area contributed by atoms with Gasteiger partial charge in [-0.3, -0.25) is 0 Å². The van der Waals surface area contributed by atoms with Gasteiger partial charge in [0.15, 0.2) is 0 Å². The van der Waals surface area contributed by atoms with Crippen molar-refractivity contribution in [2.24, 2.45) is 0 Å². The van der Waals surface area contributed by atoms with Crippen LogP contribution in [0, 0.1) is 0 Å². The van der Waals surface area contributed by atoms with Crippen molar-refractivity contribution in [2.75, 3.05) is 18.0 Å². The van der Waals surface area contributed by atoms with Crippen molar-refractivity contribution in [3.8, 4) is 0 Å². The van der Waals surface area contributed by atoms with Gasteiger partial charge in [0.05, 0.1) is 0 Å². The van der Waals surface area contributed by atoms with E-state index >= 15 is 0 Å². The lowest BCUT2D eigenvalue weighted by atomic mass is 10.1. The molecule has 0 amide bonds. The van der Waals surface area contributed by atoms with Gasteiger partial charge < -0.3 is 10.0 Å². The van der Waals surface area contributed by atoms with Gasteiger partial charge in [-0.15, -0.1) is 0 Å². The summed E-state index contributed by atoms with van der Waals surface area (Å²) in [5, 5.41) is 8.57. The first kappa shape index (κ1) is 12.7. The van der Waals surface area contributed by atoms with E-state index in [2.05, 4.69) is 17.0 Å². The highest BCUT2D eigenvalue weighted by atomic mass is 16.4. The molecule has 0 spiro atoms. The predicted molar refractivity (Wildman–Crippen MR) is 73.8 cm³/mol. The Bertz CT molecular complexity index is 415. The third-order valence-corrected chi connectivity index (χ3v) is 3.28. The smallest absolute Gasteiger partial charge is 0.328 e. The fraction of sp³-hybridized carbons (Fsp3) is 0.400. The molecule has 3 heteroatoms. The summed E-state index contributed by atoms with van der Waals surface area (Å²) in [6, 6.07) is 8.10. The molecule has 0 bridgehead atoms. The quantitative estimate of drug-likeness (QED) is 0.831. The number of rotatable bonds is 3. The maximum absolute atomic E-state index is 10.4. The summed E-state index contributed by atoms with van der Waals surface area (Å²) < 4.78 is 0. The number of carboxylic acids is 1. The maximum Gasteiger partial charge on any atom is 0.328 e. The third-order valence-electron chi connectivity index (χ3n) is 3.28. The van der Waals surface area contributed by atoms with Gasteiger partial charge in [0.2, 0.25) is 0 Å². The highest BCUT2D eigenvalue weighted by Crippen LogP contribution is 2.20. The highest BCUT2D eigenvalue weighted by molar-refractivity contribution is 5.85. The second-order valence-electron chi connectivity index (χ2n) is 4.66. The fourth-order valence-corrected chi connectivity index (χ4v) is 2.29. The van der Waals surface area contributed by atoms with Gasteiger partial charge in [-0.2, -0.15) is 0 Å². The van der Waals surface area contributed by atoms with Crippen LogP contribution in [0.1, 0.15) is 31.2 Å². The average molecular weight is 245 g/mol. The van der Waals surface area contributed by atoms with Crippen LogP contribution in [0.15, 0.2) is 30.3 Å². The largest absolute Gasteiger partial charge is 0.478 e. The van der Waals surface area contributed by atoms with E-state index in [9.17, 15) is 4.79 Å². The molecule has 0 unspecified atom stereocenters. The van der Waals surface area contributed by atoms with Crippen molar-refractivity contribution in [3.63, 3.8) is 0 Å². The van der Waals surface area contributed by atoms with E-state index in [1.165, 1.54) is 37.4 Å². The molecule has 1 heterocycles. The topological polar surface area (TPSA) is 40.5 Å². The molecule has 0 aliphatic carbocycles. The lowest BCUT2D eigenvalue weighted by molar-refractivity contribution is -0.131. The Morgan fingerprint density at radius 3 is 2.22 bits per heavy atom. The minimum absolute atomic E-state index is 0.911. The van der Waals surface area contributed by atoms with Crippen molar-refractivity contribution >= 4 is 17.7 Å². The van der Waals surface area contributed by atoms with E-state index in [0.717, 1.165) is 18.7 Å². The van der Waals surface area contributed by atoms with Gasteiger partial charge >= 0.3 is 5.97 Å². The maximum atomic E-state index is 10.4. The van der Waals surface area contributed by atoms with Crippen LogP contribution in [0.25, 0.3) is 6.08 Å². The van der Waals surface area contributed by atoms with E-state index in [0.29, 0.717) is 0 Å². The minimum Gasteiger partial charge on any atom is -0.478 e. The lowest BCUT2D eigenvalue weighted by Gasteiger charge is -2.22. The molecule has 1 saturated heterocycles. The van der Waals surface area contributed by atoms with Crippen molar-refractivity contribution in [1.29, 1.82) is 0 Å². The van der Waals surface area contributed by atoms with Crippen LogP contribution < -0.4 is 4.90 Å². The van der Waals surface area contributed by atoms with E-state index in [1.54, 1.807) is 6.08 Å². The number of anilines is 1. The highest BCUT2D eigenvalue weighted by Gasteiger charge is 2.09. The van der Waals surface area contributed by atoms with Crippen LogP contribution in [0.3, 0.4) is 0 Å². The van der Waals surface area contributed by atoms with Crippen molar-refractivity contribution in [2.45, 2.75) is 25.7 Å². The molecular weight excluding hydrogens is 226 g/mol. The van der Waals surface area contributed by atoms with Crippen molar-refractivity contribution in [1.82, 2.24) is 0 Å². The summed E-state index contributed by atoms with van der Waals surface area (Å²) in [6.45, 7) is 2.26. The minimum atomic E-state index is -0.911. The Labute approximate surface area is 108 Å². The summed E-state index contributed by atoms with van der Waals surface area (Å²) in [5.74, 6) is -0.911. The number of hydrogen-bond donors (Lipinski definition) is 1. The second kappa shape index (κ2) is 6.24. The molecule has 2 rings (SSSR count). The van der Waals surface area contributed by atoms with Gasteiger partial charge in [0.1, 0.15) is 0 Å². The molecule has 1 aromatic carbocycles. The summed E-state index contributed by atoms with van der Waals surface area (Å²) >= 11 is 0. The molecule has 3 nitrogen and oxygen atoms in total. The van der Waals surface area contributed by atoms with E-state index < -0.39 is 5.97 Å². The Kier molecular flexibility index (Phi) is 4.40. The Morgan fingerprint density at radius 1 is 1.06 bits per heavy atom. The molecule has 18 heavy (non-hydrogen) atoms. The Morgan fingerprint density at radius 2 is 1.67 bits per heavy atom. The molecule has 0 aromatic heterocycles. The summed E-state index contributed by atoms with van der Waals surface area (Å²) in [5.41, 5.74) is 2.17. The molecule has 0 radical (unpaired) electrons. The SMILES string of the molecule is O=C(O)/C=C/c1ccc(N2CCCCCC2)cc1. The third kappa shape index (κ3) is 3.62. The zero-order chi connectivity index (χ0) is 12.8. The predicted octanol–water partition coefficient (Wildman–Crippen LogP) is 3.16. The molecule has 1 fully saturated rings. The number of benzene rings is 1. The van der Waals surface area contributed by atoms with E-state index in [4.69, 9.17) is 5.11 Å². The zero-order valence-corrected chi connectivity index (χ0v) is 10.5. The first-order chi connectivity index (χ1) is 8.75. The second-order valence-corrected chi connectivity index (χ2v) is 4.66. The van der Waals surface area contributed by atoms with E-state index in [1.807, 2.05) is 12.1 Å². The molecule has 1 N–H and O–H groups in total. The molecule has 1 aromatic rings. The monoisotopic (exact) mass is 245 g/mol. The summed E-state index contributed by atoms with van der Waals surface area (Å²) in [6.07, 6.45) is 7.97. The first-order valence-electron chi connectivity index (χ1n) is 6.52. The molecule has 0 saturated carbocycles. The van der Waals surface area contributed by atoms with Crippen LogP contribution >= 0.6 is 0 Å². The molecular formula is C15H19NO2. The normalized spacial score (nSPS) is 16.8. The molecule has 1 aliphatic rings. The van der Waals surface area contributed by atoms with Crippen LogP contribution in [0.2, 0.25) is 0 Å².